The van der Waals surface area contributed by atoms with E-state index in [1.807, 2.05) is 48.5 Å². The molecule has 0 aliphatic heterocycles. The number of methoxy groups -OCH3 is 2. The maximum Gasteiger partial charge on any atom is 0.259 e. The van der Waals surface area contributed by atoms with E-state index in [2.05, 4.69) is 31.8 Å². The minimum Gasteiger partial charge on any atom is -0.496 e. The van der Waals surface area contributed by atoms with Crippen LogP contribution in [0.5, 0.6) is 11.5 Å². The zero-order valence-electron chi connectivity index (χ0n) is 15.5. The molecular weight excluding hydrogens is 422 g/mol. The number of hydrazone groups is 1. The molecule has 0 aromatic heterocycles. The molecular formula is C21H20BrN3O3. The van der Waals surface area contributed by atoms with Crippen LogP contribution in [0.15, 0.2) is 64.2 Å². The number of anilines is 1. The molecule has 3 aromatic rings. The average molecular weight is 442 g/mol. The minimum absolute atomic E-state index is 0.106. The molecule has 0 unspecified atom stereocenters. The molecule has 3 rings (SSSR count). The topological polar surface area (TPSA) is 72.0 Å². The van der Waals surface area contributed by atoms with Gasteiger partial charge < -0.3 is 14.8 Å². The first-order chi connectivity index (χ1) is 13.6. The monoisotopic (exact) mass is 441 g/mol. The second-order valence-electron chi connectivity index (χ2n) is 5.90. The maximum absolute atomic E-state index is 12.1. The maximum atomic E-state index is 12.1. The number of hydrogen-bond donors (Lipinski definition) is 2. The van der Waals surface area contributed by atoms with Gasteiger partial charge in [-0.2, -0.15) is 5.10 Å². The van der Waals surface area contributed by atoms with E-state index in [-0.39, 0.29) is 12.5 Å². The predicted octanol–water partition coefficient (Wildman–Crippen LogP) is 4.18. The SMILES string of the molecule is COc1cc(OC)c(C=NNC(=O)CNc2cccc3ccccc23)cc1Br. The van der Waals surface area contributed by atoms with Crippen molar-refractivity contribution in [3.8, 4) is 11.5 Å². The third kappa shape index (κ3) is 4.61. The smallest absolute Gasteiger partial charge is 0.259 e. The van der Waals surface area contributed by atoms with Gasteiger partial charge in [0.05, 0.1) is 31.5 Å². The lowest BCUT2D eigenvalue weighted by Crippen LogP contribution is -2.26. The summed E-state index contributed by atoms with van der Waals surface area (Å²) in [4.78, 5) is 12.1. The lowest BCUT2D eigenvalue weighted by atomic mass is 10.1. The first-order valence-electron chi connectivity index (χ1n) is 8.57. The fourth-order valence-electron chi connectivity index (χ4n) is 2.75. The molecule has 0 radical (unpaired) electrons. The van der Waals surface area contributed by atoms with E-state index in [0.717, 1.165) is 20.9 Å². The van der Waals surface area contributed by atoms with Gasteiger partial charge in [-0.05, 0) is 33.4 Å². The van der Waals surface area contributed by atoms with Gasteiger partial charge in [0, 0.05) is 22.7 Å². The number of rotatable bonds is 7. The summed E-state index contributed by atoms with van der Waals surface area (Å²) < 4.78 is 11.3. The lowest BCUT2D eigenvalue weighted by Gasteiger charge is -2.10. The van der Waals surface area contributed by atoms with Gasteiger partial charge in [0.25, 0.3) is 5.91 Å². The fourth-order valence-corrected chi connectivity index (χ4v) is 3.28. The van der Waals surface area contributed by atoms with Crippen LogP contribution in [-0.2, 0) is 4.79 Å². The van der Waals surface area contributed by atoms with Crippen molar-refractivity contribution in [2.45, 2.75) is 0 Å². The van der Waals surface area contributed by atoms with E-state index < -0.39 is 0 Å². The summed E-state index contributed by atoms with van der Waals surface area (Å²) in [6, 6.07) is 17.5. The predicted molar refractivity (Wildman–Crippen MR) is 115 cm³/mol. The first kappa shape index (κ1) is 19.7. The van der Waals surface area contributed by atoms with Gasteiger partial charge in [0.1, 0.15) is 11.5 Å². The van der Waals surface area contributed by atoms with Crippen LogP contribution in [0.4, 0.5) is 5.69 Å². The summed E-state index contributed by atoms with van der Waals surface area (Å²) in [6.45, 7) is 0.106. The Bertz CT molecular complexity index is 1020. The van der Waals surface area contributed by atoms with E-state index in [4.69, 9.17) is 9.47 Å². The number of amides is 1. The van der Waals surface area contributed by atoms with Crippen molar-refractivity contribution in [3.05, 3.63) is 64.6 Å². The van der Waals surface area contributed by atoms with Gasteiger partial charge in [0.15, 0.2) is 0 Å². The Balaban J connectivity index is 1.62. The van der Waals surface area contributed by atoms with Crippen LogP contribution < -0.4 is 20.2 Å². The Labute approximate surface area is 171 Å². The summed E-state index contributed by atoms with van der Waals surface area (Å²) in [7, 11) is 3.14. The quantitative estimate of drug-likeness (QED) is 0.426. The minimum atomic E-state index is -0.254. The number of halogens is 1. The van der Waals surface area contributed by atoms with E-state index in [0.29, 0.717) is 17.1 Å². The van der Waals surface area contributed by atoms with Crippen LogP contribution in [0.25, 0.3) is 10.8 Å². The molecule has 28 heavy (non-hydrogen) atoms. The Morgan fingerprint density at radius 2 is 1.82 bits per heavy atom. The second kappa shape index (κ2) is 9.23. The normalized spacial score (nSPS) is 10.8. The molecule has 7 heteroatoms. The van der Waals surface area contributed by atoms with Crippen molar-refractivity contribution >= 4 is 44.5 Å². The highest BCUT2D eigenvalue weighted by atomic mass is 79.9. The Morgan fingerprint density at radius 1 is 1.07 bits per heavy atom. The summed E-state index contributed by atoms with van der Waals surface area (Å²) in [5.74, 6) is 0.986. The van der Waals surface area contributed by atoms with E-state index in [1.165, 1.54) is 6.21 Å². The standard InChI is InChI=1S/C21H20BrN3O3/c1-27-19-11-20(28-2)17(22)10-15(19)12-24-25-21(26)13-23-18-9-5-7-14-6-3-4-8-16(14)18/h3-12,23H,13H2,1-2H3,(H,25,26). The van der Waals surface area contributed by atoms with Crippen LogP contribution in [-0.4, -0.2) is 32.9 Å². The number of nitrogens with zero attached hydrogens (tertiary/aromatic N) is 1. The summed E-state index contributed by atoms with van der Waals surface area (Å²) in [6.07, 6.45) is 1.53. The van der Waals surface area contributed by atoms with E-state index >= 15 is 0 Å². The zero-order valence-corrected chi connectivity index (χ0v) is 17.1. The number of nitrogens with one attached hydrogen (secondary N) is 2. The molecule has 0 bridgehead atoms. The van der Waals surface area contributed by atoms with E-state index in [9.17, 15) is 4.79 Å². The number of benzene rings is 3. The number of carbonyl (C=O) groups excluding carboxylic acids is 1. The Hall–Kier alpha value is -3.06. The molecule has 1 amide bonds. The molecule has 3 aromatic carbocycles. The van der Waals surface area contributed by atoms with Crippen LogP contribution in [0.1, 0.15) is 5.56 Å². The number of fused-ring (bicyclic) bond motifs is 1. The molecule has 0 aliphatic rings. The van der Waals surface area contributed by atoms with Gasteiger partial charge >= 0.3 is 0 Å². The highest BCUT2D eigenvalue weighted by Gasteiger charge is 2.08. The van der Waals surface area contributed by atoms with Gasteiger partial charge in [-0.3, -0.25) is 4.79 Å². The van der Waals surface area contributed by atoms with Crippen molar-refractivity contribution in [2.75, 3.05) is 26.1 Å². The van der Waals surface area contributed by atoms with Gasteiger partial charge in [0.2, 0.25) is 0 Å². The third-order valence-electron chi connectivity index (χ3n) is 4.13. The third-order valence-corrected chi connectivity index (χ3v) is 4.75. The number of hydrogen-bond acceptors (Lipinski definition) is 5. The average Bonchev–Trinajstić information content (AvgIpc) is 2.72. The number of carbonyl (C=O) groups is 1. The van der Waals surface area contributed by atoms with Crippen LogP contribution in [0.3, 0.4) is 0 Å². The van der Waals surface area contributed by atoms with Crippen LogP contribution in [0.2, 0.25) is 0 Å². The first-order valence-corrected chi connectivity index (χ1v) is 9.36. The molecule has 0 heterocycles. The summed E-state index contributed by atoms with van der Waals surface area (Å²) in [5, 5.41) is 9.34. The van der Waals surface area contributed by atoms with Crippen molar-refractivity contribution in [3.63, 3.8) is 0 Å². The van der Waals surface area contributed by atoms with Gasteiger partial charge in [-0.15, -0.1) is 0 Å². The van der Waals surface area contributed by atoms with E-state index in [1.54, 1.807) is 20.3 Å². The van der Waals surface area contributed by atoms with Gasteiger partial charge in [-0.1, -0.05) is 36.4 Å². The highest BCUT2D eigenvalue weighted by Crippen LogP contribution is 2.31. The molecule has 0 fully saturated rings. The van der Waals surface area contributed by atoms with Crippen molar-refractivity contribution < 1.29 is 14.3 Å². The van der Waals surface area contributed by atoms with Crippen molar-refractivity contribution in [2.24, 2.45) is 5.10 Å². The number of ether oxygens (including phenoxy) is 2. The molecule has 0 saturated carbocycles. The zero-order chi connectivity index (χ0) is 19.9. The molecule has 0 aliphatic carbocycles. The largest absolute Gasteiger partial charge is 0.496 e. The molecule has 0 saturated heterocycles. The molecule has 144 valence electrons. The Kier molecular flexibility index (Phi) is 6.49. The highest BCUT2D eigenvalue weighted by molar-refractivity contribution is 9.10. The van der Waals surface area contributed by atoms with Gasteiger partial charge in [-0.25, -0.2) is 5.43 Å². The lowest BCUT2D eigenvalue weighted by molar-refractivity contribution is -0.119. The molecule has 0 atom stereocenters. The van der Waals surface area contributed by atoms with Crippen LogP contribution in [0, 0.1) is 0 Å². The molecule has 2 N–H and O–H groups in total. The summed E-state index contributed by atoms with van der Waals surface area (Å²) in [5.41, 5.74) is 4.12. The summed E-state index contributed by atoms with van der Waals surface area (Å²) >= 11 is 3.42. The fraction of sp³-hybridized carbons (Fsp3) is 0.143. The molecule has 0 spiro atoms. The Morgan fingerprint density at radius 3 is 2.61 bits per heavy atom. The molecule has 6 nitrogen and oxygen atoms in total. The van der Waals surface area contributed by atoms with Crippen molar-refractivity contribution in [1.82, 2.24) is 5.43 Å². The van der Waals surface area contributed by atoms with Crippen LogP contribution >= 0.6 is 15.9 Å². The van der Waals surface area contributed by atoms with Crippen molar-refractivity contribution in [1.29, 1.82) is 0 Å². The second-order valence-corrected chi connectivity index (χ2v) is 6.76.